The number of likely N-dealkylation sites (N-methyl/N-ethyl adjacent to an activating group) is 1. The van der Waals surface area contributed by atoms with E-state index in [0.717, 1.165) is 55.1 Å². The number of nitrogens with zero attached hydrogens (tertiary/aromatic N) is 6. The Bertz CT molecular complexity index is 1430. The zero-order chi connectivity index (χ0) is 27.6. The van der Waals surface area contributed by atoms with Gasteiger partial charge in [0.05, 0.1) is 11.3 Å². The molecule has 39 heavy (non-hydrogen) atoms. The zero-order valence-corrected chi connectivity index (χ0v) is 21.9. The minimum Gasteiger partial charge on any atom is -0.369 e. The van der Waals surface area contributed by atoms with Crippen molar-refractivity contribution in [1.82, 2.24) is 24.8 Å². The van der Waals surface area contributed by atoms with Crippen molar-refractivity contribution in [2.24, 2.45) is 0 Å². The van der Waals surface area contributed by atoms with Crippen LogP contribution in [-0.4, -0.2) is 58.1 Å². The fourth-order valence-corrected chi connectivity index (χ4v) is 4.30. The number of rotatable bonds is 6. The lowest BCUT2D eigenvalue weighted by Gasteiger charge is -2.34. The summed E-state index contributed by atoms with van der Waals surface area (Å²) in [6.45, 7) is 7.76. The second-order valence-electron chi connectivity index (χ2n) is 9.61. The lowest BCUT2D eigenvalue weighted by Crippen LogP contribution is -2.44. The van der Waals surface area contributed by atoms with E-state index in [0.29, 0.717) is 23.0 Å². The Hall–Kier alpha value is -4.25. The first-order chi connectivity index (χ1) is 18.7. The molecule has 2 aromatic heterocycles. The van der Waals surface area contributed by atoms with Gasteiger partial charge < -0.3 is 20.4 Å². The summed E-state index contributed by atoms with van der Waals surface area (Å²) in [5, 5.41) is 6.36. The van der Waals surface area contributed by atoms with Gasteiger partial charge in [-0.05, 0) is 62.9 Å². The smallest absolute Gasteiger partial charge is 0.369 e. The fourth-order valence-electron chi connectivity index (χ4n) is 4.30. The van der Waals surface area contributed by atoms with Crippen molar-refractivity contribution < 1.29 is 13.2 Å². The van der Waals surface area contributed by atoms with Gasteiger partial charge in [-0.1, -0.05) is 12.1 Å². The number of nitrogens with one attached hydrogen (secondary N) is 2. The van der Waals surface area contributed by atoms with Crippen LogP contribution in [0.4, 0.5) is 42.3 Å². The second-order valence-corrected chi connectivity index (χ2v) is 9.61. The number of halogens is 3. The Morgan fingerprint density at radius 2 is 1.36 bits per heavy atom. The number of alkyl halides is 3. The molecular formula is C28H29F3N8. The molecule has 1 aliphatic rings. The first-order valence-corrected chi connectivity index (χ1v) is 12.6. The van der Waals surface area contributed by atoms with Gasteiger partial charge in [-0.25, -0.2) is 15.0 Å². The predicted molar refractivity (Wildman–Crippen MR) is 147 cm³/mol. The van der Waals surface area contributed by atoms with Crippen LogP contribution < -0.4 is 15.5 Å². The molecule has 1 saturated heterocycles. The lowest BCUT2D eigenvalue weighted by atomic mass is 10.1. The number of hydrogen-bond donors (Lipinski definition) is 2. The fraction of sp³-hybridized carbons (Fsp3) is 0.286. The third kappa shape index (κ3) is 6.26. The molecule has 8 nitrogen and oxygen atoms in total. The molecule has 3 heterocycles. The minimum atomic E-state index is -4.39. The highest BCUT2D eigenvalue weighted by molar-refractivity contribution is 5.66. The van der Waals surface area contributed by atoms with Crippen LogP contribution in [0.5, 0.6) is 0 Å². The van der Waals surface area contributed by atoms with Crippen molar-refractivity contribution in [3.63, 3.8) is 0 Å². The van der Waals surface area contributed by atoms with Crippen molar-refractivity contribution in [2.45, 2.75) is 20.0 Å². The van der Waals surface area contributed by atoms with Crippen LogP contribution in [-0.2, 0) is 6.18 Å². The summed E-state index contributed by atoms with van der Waals surface area (Å²) in [4.78, 5) is 22.6. The molecule has 0 bridgehead atoms. The molecule has 1 aliphatic heterocycles. The van der Waals surface area contributed by atoms with Gasteiger partial charge >= 0.3 is 6.18 Å². The second kappa shape index (κ2) is 10.9. The predicted octanol–water partition coefficient (Wildman–Crippen LogP) is 5.81. The minimum absolute atomic E-state index is 0.278. The molecule has 0 aliphatic carbocycles. The first-order valence-electron chi connectivity index (χ1n) is 12.6. The van der Waals surface area contributed by atoms with E-state index in [-0.39, 0.29) is 5.95 Å². The van der Waals surface area contributed by atoms with Crippen LogP contribution in [0.25, 0.3) is 11.3 Å². The van der Waals surface area contributed by atoms with E-state index in [2.05, 4.69) is 59.5 Å². The Labute approximate surface area is 225 Å². The molecule has 11 heteroatoms. The van der Waals surface area contributed by atoms with E-state index in [1.165, 1.54) is 17.8 Å². The largest absolute Gasteiger partial charge is 0.416 e. The summed E-state index contributed by atoms with van der Waals surface area (Å²) in [5.41, 5.74) is 3.95. The van der Waals surface area contributed by atoms with Crippen LogP contribution in [0, 0.1) is 13.8 Å². The molecule has 0 atom stereocenters. The zero-order valence-electron chi connectivity index (χ0n) is 21.9. The van der Waals surface area contributed by atoms with Gasteiger partial charge in [0.15, 0.2) is 0 Å². The summed E-state index contributed by atoms with van der Waals surface area (Å²) in [6.07, 6.45) is -1.07. The van der Waals surface area contributed by atoms with E-state index in [1.54, 1.807) is 12.4 Å². The van der Waals surface area contributed by atoms with Crippen LogP contribution in [0.2, 0.25) is 0 Å². The van der Waals surface area contributed by atoms with E-state index in [9.17, 15) is 13.2 Å². The molecule has 0 amide bonds. The van der Waals surface area contributed by atoms with Gasteiger partial charge in [0.1, 0.15) is 5.82 Å². The van der Waals surface area contributed by atoms with Crippen molar-refractivity contribution in [3.05, 3.63) is 77.6 Å². The molecule has 0 spiro atoms. The van der Waals surface area contributed by atoms with E-state index >= 15 is 0 Å². The van der Waals surface area contributed by atoms with Crippen LogP contribution in [0.3, 0.4) is 0 Å². The van der Waals surface area contributed by atoms with E-state index < -0.39 is 11.7 Å². The van der Waals surface area contributed by atoms with Crippen LogP contribution >= 0.6 is 0 Å². The maximum absolute atomic E-state index is 13.0. The summed E-state index contributed by atoms with van der Waals surface area (Å²) >= 11 is 0. The Kier molecular flexibility index (Phi) is 7.34. The number of anilines is 5. The monoisotopic (exact) mass is 534 g/mol. The first kappa shape index (κ1) is 26.4. The molecule has 0 saturated carbocycles. The highest BCUT2D eigenvalue weighted by atomic mass is 19.4. The van der Waals surface area contributed by atoms with Crippen molar-refractivity contribution in [1.29, 1.82) is 0 Å². The van der Waals surface area contributed by atoms with E-state index in [4.69, 9.17) is 0 Å². The molecule has 0 unspecified atom stereocenters. The molecule has 202 valence electrons. The molecule has 1 fully saturated rings. The SMILES string of the molecule is Cc1cnc(Nc2ccc(N3CCN(C)CC3)cc2)nc1Nc1ncc(C)c(-c2ccc(C(F)(F)F)cc2)n1. The standard InChI is InChI=1S/C28H29F3N8/c1-18-16-32-27(35-24(18)20-4-6-21(7-5-20)28(29,30)31)37-25-19(2)17-33-26(36-25)34-22-8-10-23(11-9-22)39-14-12-38(3)13-15-39/h4-11,16-17H,12-15H2,1-3H3,(H2,32,33,34,35,36,37). The van der Waals surface area contributed by atoms with Crippen LogP contribution in [0.15, 0.2) is 60.9 Å². The van der Waals surface area contributed by atoms with E-state index in [1.807, 2.05) is 26.0 Å². The number of aryl methyl sites for hydroxylation is 2. The highest BCUT2D eigenvalue weighted by Crippen LogP contribution is 2.31. The number of aromatic nitrogens is 4. The van der Waals surface area contributed by atoms with Crippen molar-refractivity contribution in [3.8, 4) is 11.3 Å². The molecule has 2 aromatic carbocycles. The van der Waals surface area contributed by atoms with Gasteiger partial charge in [-0.3, -0.25) is 0 Å². The summed E-state index contributed by atoms with van der Waals surface area (Å²) in [6, 6.07) is 13.1. The van der Waals surface area contributed by atoms with Gasteiger partial charge in [0, 0.05) is 61.1 Å². The van der Waals surface area contributed by atoms with Crippen molar-refractivity contribution >= 4 is 29.1 Å². The number of piperazine rings is 1. The molecule has 5 rings (SSSR count). The summed E-state index contributed by atoms with van der Waals surface area (Å²) in [5.74, 6) is 1.20. The number of hydrogen-bond acceptors (Lipinski definition) is 8. The highest BCUT2D eigenvalue weighted by Gasteiger charge is 2.30. The van der Waals surface area contributed by atoms with Crippen molar-refractivity contribution in [2.75, 3.05) is 48.8 Å². The quantitative estimate of drug-likeness (QED) is 0.321. The average molecular weight is 535 g/mol. The molecule has 2 N–H and O–H groups in total. The Morgan fingerprint density at radius 1 is 0.744 bits per heavy atom. The molecular weight excluding hydrogens is 505 g/mol. The summed E-state index contributed by atoms with van der Waals surface area (Å²) < 4.78 is 38.9. The maximum Gasteiger partial charge on any atom is 0.416 e. The van der Waals surface area contributed by atoms with Gasteiger partial charge in [-0.2, -0.15) is 18.2 Å². The average Bonchev–Trinajstić information content (AvgIpc) is 2.92. The molecule has 0 radical (unpaired) electrons. The maximum atomic E-state index is 13.0. The number of benzene rings is 2. The van der Waals surface area contributed by atoms with Gasteiger partial charge in [0.2, 0.25) is 11.9 Å². The topological polar surface area (TPSA) is 82.1 Å². The van der Waals surface area contributed by atoms with Gasteiger partial charge in [-0.15, -0.1) is 0 Å². The summed E-state index contributed by atoms with van der Waals surface area (Å²) in [7, 11) is 2.14. The van der Waals surface area contributed by atoms with Crippen LogP contribution in [0.1, 0.15) is 16.7 Å². The molecule has 4 aromatic rings. The Balaban J connectivity index is 1.31. The normalized spacial score (nSPS) is 14.4. The third-order valence-corrected chi connectivity index (χ3v) is 6.65. The Morgan fingerprint density at radius 3 is 2.00 bits per heavy atom. The van der Waals surface area contributed by atoms with Gasteiger partial charge in [0.25, 0.3) is 0 Å². The third-order valence-electron chi connectivity index (χ3n) is 6.65. The lowest BCUT2D eigenvalue weighted by molar-refractivity contribution is -0.137.